The molecule has 0 saturated carbocycles. The first kappa shape index (κ1) is 24.8. The Morgan fingerprint density at radius 3 is 2.53 bits per heavy atom. The number of rotatable bonds is 9. The average Bonchev–Trinajstić information content (AvgIpc) is 2.92. The third-order valence-electron chi connectivity index (χ3n) is 5.33. The molecule has 8 heteroatoms. The van der Waals surface area contributed by atoms with Gasteiger partial charge in [0.15, 0.2) is 0 Å². The van der Waals surface area contributed by atoms with Gasteiger partial charge >= 0.3 is 5.97 Å². The van der Waals surface area contributed by atoms with Gasteiger partial charge in [0.25, 0.3) is 5.91 Å². The molecule has 1 aliphatic rings. The zero-order chi connectivity index (χ0) is 24.7. The van der Waals surface area contributed by atoms with Crippen LogP contribution < -0.4 is 9.64 Å². The van der Waals surface area contributed by atoms with Gasteiger partial charge < -0.3 is 19.3 Å². The van der Waals surface area contributed by atoms with Crippen molar-refractivity contribution < 1.29 is 23.9 Å². The van der Waals surface area contributed by atoms with Gasteiger partial charge in [-0.2, -0.15) is 5.26 Å². The molecule has 0 radical (unpaired) electrons. The summed E-state index contributed by atoms with van der Waals surface area (Å²) in [5, 5.41) is 8.94. The SMILES string of the molecule is CCOC(=O)CCN1CC(=O)N(CC(C)C)c2ccc(OCc3ccc(C#N)cc3)cc2C1=O. The standard InChI is InChI=1S/C26H29N3O5/c1-4-33-25(31)11-12-28-16-24(30)29(15-18(2)3)23-10-9-21(13-22(23)26(28)32)34-17-20-7-5-19(14-27)6-8-20/h5-10,13,18H,4,11-12,15-17H2,1-3H3. The van der Waals surface area contributed by atoms with Crippen LogP contribution in [0.1, 0.15) is 48.7 Å². The number of nitriles is 1. The van der Waals surface area contributed by atoms with Crippen molar-refractivity contribution in [1.82, 2.24) is 4.90 Å². The highest BCUT2D eigenvalue weighted by Gasteiger charge is 2.32. The van der Waals surface area contributed by atoms with Gasteiger partial charge in [-0.3, -0.25) is 14.4 Å². The normalized spacial score (nSPS) is 13.4. The fourth-order valence-corrected chi connectivity index (χ4v) is 3.68. The lowest BCUT2D eigenvalue weighted by molar-refractivity contribution is -0.143. The van der Waals surface area contributed by atoms with Crippen LogP contribution in [-0.4, -0.2) is 48.9 Å². The van der Waals surface area contributed by atoms with Crippen molar-refractivity contribution in [2.24, 2.45) is 5.92 Å². The summed E-state index contributed by atoms with van der Waals surface area (Å²) in [5.41, 5.74) is 2.34. The second kappa shape index (κ2) is 11.3. The van der Waals surface area contributed by atoms with Crippen LogP contribution in [-0.2, 0) is 20.9 Å². The van der Waals surface area contributed by atoms with Gasteiger partial charge in [0.1, 0.15) is 18.9 Å². The van der Waals surface area contributed by atoms with Crippen LogP contribution in [0.4, 0.5) is 5.69 Å². The number of fused-ring (bicyclic) bond motifs is 1. The average molecular weight is 464 g/mol. The first-order chi connectivity index (χ1) is 16.3. The Hall–Kier alpha value is -3.86. The van der Waals surface area contributed by atoms with E-state index in [0.29, 0.717) is 29.1 Å². The maximum Gasteiger partial charge on any atom is 0.307 e. The molecule has 34 heavy (non-hydrogen) atoms. The molecule has 178 valence electrons. The Balaban J connectivity index is 1.86. The molecule has 0 aromatic heterocycles. The molecule has 2 aromatic rings. The lowest BCUT2D eigenvalue weighted by Crippen LogP contribution is -2.41. The minimum absolute atomic E-state index is 0.0151. The second-order valence-corrected chi connectivity index (χ2v) is 8.46. The quantitative estimate of drug-likeness (QED) is 0.528. The summed E-state index contributed by atoms with van der Waals surface area (Å²) in [4.78, 5) is 41.3. The highest BCUT2D eigenvalue weighted by Crippen LogP contribution is 2.30. The van der Waals surface area contributed by atoms with E-state index in [0.717, 1.165) is 5.56 Å². The van der Waals surface area contributed by atoms with Gasteiger partial charge in [0, 0.05) is 13.1 Å². The third-order valence-corrected chi connectivity index (χ3v) is 5.33. The van der Waals surface area contributed by atoms with Crippen molar-refractivity contribution >= 4 is 23.5 Å². The van der Waals surface area contributed by atoms with Crippen molar-refractivity contribution in [2.45, 2.75) is 33.8 Å². The van der Waals surface area contributed by atoms with E-state index in [-0.39, 0.29) is 50.5 Å². The van der Waals surface area contributed by atoms with E-state index in [2.05, 4.69) is 6.07 Å². The lowest BCUT2D eigenvalue weighted by atomic mass is 10.1. The summed E-state index contributed by atoms with van der Waals surface area (Å²) in [6.45, 7) is 6.71. The Labute approximate surface area is 199 Å². The van der Waals surface area contributed by atoms with Crippen LogP contribution in [0.2, 0.25) is 0 Å². The van der Waals surface area contributed by atoms with Crippen molar-refractivity contribution in [1.29, 1.82) is 5.26 Å². The summed E-state index contributed by atoms with van der Waals surface area (Å²) in [7, 11) is 0. The van der Waals surface area contributed by atoms with E-state index >= 15 is 0 Å². The number of hydrogen-bond donors (Lipinski definition) is 0. The number of anilines is 1. The van der Waals surface area contributed by atoms with Crippen molar-refractivity contribution in [2.75, 3.05) is 31.1 Å². The smallest absolute Gasteiger partial charge is 0.307 e. The molecule has 0 atom stereocenters. The number of carbonyl (C=O) groups excluding carboxylic acids is 3. The van der Waals surface area contributed by atoms with Gasteiger partial charge in [-0.05, 0) is 48.7 Å². The number of carbonyl (C=O) groups is 3. The monoisotopic (exact) mass is 463 g/mol. The predicted octanol–water partition coefficient (Wildman–Crippen LogP) is 3.54. The number of nitrogens with zero attached hydrogens (tertiary/aromatic N) is 3. The maximum atomic E-state index is 13.4. The van der Waals surface area contributed by atoms with Crippen LogP contribution in [0.3, 0.4) is 0 Å². The Morgan fingerprint density at radius 1 is 1.15 bits per heavy atom. The van der Waals surface area contributed by atoms with Crippen LogP contribution in [0.25, 0.3) is 0 Å². The minimum Gasteiger partial charge on any atom is -0.489 e. The molecule has 0 bridgehead atoms. The molecule has 8 nitrogen and oxygen atoms in total. The summed E-state index contributed by atoms with van der Waals surface area (Å²) >= 11 is 0. The molecule has 2 aromatic carbocycles. The molecular formula is C26H29N3O5. The number of amides is 2. The van der Waals surface area contributed by atoms with Crippen LogP contribution in [0, 0.1) is 17.2 Å². The summed E-state index contributed by atoms with van der Waals surface area (Å²) in [5.74, 6) is -0.254. The topological polar surface area (TPSA) is 99.9 Å². The first-order valence-corrected chi connectivity index (χ1v) is 11.3. The zero-order valence-corrected chi connectivity index (χ0v) is 19.7. The van der Waals surface area contributed by atoms with Gasteiger partial charge in [-0.15, -0.1) is 0 Å². The highest BCUT2D eigenvalue weighted by atomic mass is 16.5. The molecule has 0 spiro atoms. The van der Waals surface area contributed by atoms with Gasteiger partial charge in [-0.1, -0.05) is 26.0 Å². The third kappa shape index (κ3) is 6.13. The number of hydrogen-bond acceptors (Lipinski definition) is 6. The number of ether oxygens (including phenoxy) is 2. The van der Waals surface area contributed by atoms with Gasteiger partial charge in [0.2, 0.25) is 5.91 Å². The second-order valence-electron chi connectivity index (χ2n) is 8.46. The number of benzene rings is 2. The van der Waals surface area contributed by atoms with Crippen molar-refractivity contribution in [3.05, 3.63) is 59.2 Å². The maximum absolute atomic E-state index is 13.4. The molecule has 0 N–H and O–H groups in total. The van der Waals surface area contributed by atoms with Crippen molar-refractivity contribution in [3.8, 4) is 11.8 Å². The van der Waals surface area contributed by atoms with Gasteiger partial charge in [0.05, 0.1) is 35.9 Å². The molecule has 0 aliphatic carbocycles. The fraction of sp³-hybridized carbons (Fsp3) is 0.385. The summed E-state index contributed by atoms with van der Waals surface area (Å²) in [6, 6.07) is 14.3. The van der Waals surface area contributed by atoms with Crippen molar-refractivity contribution in [3.63, 3.8) is 0 Å². The molecule has 0 saturated heterocycles. The van der Waals surface area contributed by atoms with Crippen LogP contribution in [0.15, 0.2) is 42.5 Å². The van der Waals surface area contributed by atoms with E-state index in [1.54, 1.807) is 42.2 Å². The zero-order valence-electron chi connectivity index (χ0n) is 19.7. The lowest BCUT2D eigenvalue weighted by Gasteiger charge is -2.24. The van der Waals surface area contributed by atoms with E-state index < -0.39 is 5.97 Å². The highest BCUT2D eigenvalue weighted by molar-refractivity contribution is 6.10. The van der Waals surface area contributed by atoms with E-state index in [1.165, 1.54) is 4.90 Å². The molecule has 1 aliphatic heterocycles. The Kier molecular flexibility index (Phi) is 8.25. The van der Waals surface area contributed by atoms with E-state index in [1.807, 2.05) is 26.0 Å². The van der Waals surface area contributed by atoms with Crippen LogP contribution >= 0.6 is 0 Å². The largest absolute Gasteiger partial charge is 0.489 e. The molecular weight excluding hydrogens is 434 g/mol. The summed E-state index contributed by atoms with van der Waals surface area (Å²) in [6.07, 6.45) is 0.0151. The Bertz CT molecular complexity index is 1090. The van der Waals surface area contributed by atoms with E-state index in [4.69, 9.17) is 14.7 Å². The molecule has 2 amide bonds. The molecule has 0 fully saturated rings. The predicted molar refractivity (Wildman–Crippen MR) is 126 cm³/mol. The van der Waals surface area contributed by atoms with Crippen LogP contribution in [0.5, 0.6) is 5.75 Å². The minimum atomic E-state index is -0.411. The molecule has 0 unspecified atom stereocenters. The summed E-state index contributed by atoms with van der Waals surface area (Å²) < 4.78 is 10.9. The Morgan fingerprint density at radius 2 is 1.88 bits per heavy atom. The number of esters is 1. The van der Waals surface area contributed by atoms with Gasteiger partial charge in [-0.25, -0.2) is 0 Å². The molecule has 3 rings (SSSR count). The first-order valence-electron chi connectivity index (χ1n) is 11.3. The van der Waals surface area contributed by atoms with E-state index in [9.17, 15) is 14.4 Å². The fourth-order valence-electron chi connectivity index (χ4n) is 3.68. The molecule has 1 heterocycles.